The number of rotatable bonds is 8. The monoisotopic (exact) mass is 336 g/mol. The molecule has 0 aliphatic rings. The van der Waals surface area contributed by atoms with Gasteiger partial charge in [0.1, 0.15) is 11.8 Å². The molecule has 0 saturated carbocycles. The number of carboxylic acid groups (broad SMARTS) is 1. The third-order valence-corrected chi connectivity index (χ3v) is 3.48. The van der Waals surface area contributed by atoms with Crippen molar-refractivity contribution < 1.29 is 24.2 Å². The molecule has 1 rings (SSSR count). The zero-order valence-electron chi connectivity index (χ0n) is 14.4. The van der Waals surface area contributed by atoms with Gasteiger partial charge in [0.2, 0.25) is 5.91 Å². The van der Waals surface area contributed by atoms with Crippen molar-refractivity contribution in [3.63, 3.8) is 0 Å². The summed E-state index contributed by atoms with van der Waals surface area (Å²) in [6, 6.07) is 6.24. The van der Waals surface area contributed by atoms with Gasteiger partial charge in [-0.25, -0.2) is 4.79 Å². The van der Waals surface area contributed by atoms with Crippen molar-refractivity contribution in [3.8, 4) is 5.75 Å². The average Bonchev–Trinajstić information content (AvgIpc) is 2.50. The smallest absolute Gasteiger partial charge is 0.326 e. The van der Waals surface area contributed by atoms with E-state index in [0.29, 0.717) is 5.75 Å². The van der Waals surface area contributed by atoms with Crippen molar-refractivity contribution in [1.29, 1.82) is 0 Å². The first-order chi connectivity index (χ1) is 11.2. The highest BCUT2D eigenvalue weighted by Gasteiger charge is 2.29. The molecular formula is C17H24N2O5. The fourth-order valence-corrected chi connectivity index (χ4v) is 2.16. The summed E-state index contributed by atoms with van der Waals surface area (Å²) < 4.78 is 5.62. The second kappa shape index (κ2) is 8.90. The molecule has 2 atom stereocenters. The molecule has 2 amide bonds. The molecule has 0 heterocycles. The van der Waals surface area contributed by atoms with Crippen LogP contribution in [0.1, 0.15) is 26.3 Å². The average molecular weight is 336 g/mol. The number of nitrogens with one attached hydrogen (secondary N) is 1. The standard InChI is InChI=1S/C17H24N2O5/c1-11-6-5-7-15(10-11)24-13(3)16(21)19(12(2)17(22)23)9-8-18-14(4)20/h5-7,10,12-13H,8-9H2,1-4H3,(H,18,20)(H,22,23). The fourth-order valence-electron chi connectivity index (χ4n) is 2.16. The number of carbonyl (C=O) groups excluding carboxylic acids is 2. The van der Waals surface area contributed by atoms with E-state index in [4.69, 9.17) is 4.74 Å². The summed E-state index contributed by atoms with van der Waals surface area (Å²) in [6.45, 7) is 6.53. The SMILES string of the molecule is CC(=O)NCCN(C(=O)C(C)Oc1cccc(C)c1)C(C)C(=O)O. The first-order valence-electron chi connectivity index (χ1n) is 7.73. The number of ether oxygens (including phenoxy) is 1. The van der Waals surface area contributed by atoms with Crippen LogP contribution in [-0.4, -0.2) is 53.0 Å². The van der Waals surface area contributed by atoms with E-state index in [9.17, 15) is 19.5 Å². The minimum absolute atomic E-state index is 0.0907. The van der Waals surface area contributed by atoms with E-state index in [-0.39, 0.29) is 19.0 Å². The molecule has 0 aliphatic carbocycles. The second-order valence-corrected chi connectivity index (χ2v) is 5.61. The van der Waals surface area contributed by atoms with E-state index >= 15 is 0 Å². The van der Waals surface area contributed by atoms with Crippen molar-refractivity contribution in [3.05, 3.63) is 29.8 Å². The molecule has 132 valence electrons. The number of benzene rings is 1. The molecule has 0 aliphatic heterocycles. The predicted octanol–water partition coefficient (Wildman–Crippen LogP) is 1.20. The van der Waals surface area contributed by atoms with E-state index in [1.807, 2.05) is 19.1 Å². The van der Waals surface area contributed by atoms with Crippen LogP contribution in [0.4, 0.5) is 0 Å². The molecule has 0 radical (unpaired) electrons. The summed E-state index contributed by atoms with van der Waals surface area (Å²) in [5.41, 5.74) is 0.994. The topological polar surface area (TPSA) is 95.9 Å². The fraction of sp³-hybridized carbons (Fsp3) is 0.471. The first kappa shape index (κ1) is 19.5. The molecule has 1 aromatic carbocycles. The summed E-state index contributed by atoms with van der Waals surface area (Å²) in [5, 5.41) is 11.7. The van der Waals surface area contributed by atoms with Gasteiger partial charge in [0.15, 0.2) is 6.10 Å². The molecule has 2 N–H and O–H groups in total. The Morgan fingerprint density at radius 1 is 1.29 bits per heavy atom. The largest absolute Gasteiger partial charge is 0.481 e. The van der Waals surface area contributed by atoms with Gasteiger partial charge in [-0.1, -0.05) is 12.1 Å². The van der Waals surface area contributed by atoms with Crippen molar-refractivity contribution in [1.82, 2.24) is 10.2 Å². The molecule has 24 heavy (non-hydrogen) atoms. The van der Waals surface area contributed by atoms with Crippen LogP contribution in [0.25, 0.3) is 0 Å². The zero-order valence-corrected chi connectivity index (χ0v) is 14.4. The highest BCUT2D eigenvalue weighted by molar-refractivity contribution is 5.86. The highest BCUT2D eigenvalue weighted by atomic mass is 16.5. The van der Waals surface area contributed by atoms with Gasteiger partial charge in [0.05, 0.1) is 0 Å². The summed E-state index contributed by atoms with van der Waals surface area (Å²) >= 11 is 0. The van der Waals surface area contributed by atoms with Crippen molar-refractivity contribution >= 4 is 17.8 Å². The lowest BCUT2D eigenvalue weighted by Gasteiger charge is -2.29. The van der Waals surface area contributed by atoms with Gasteiger partial charge in [0, 0.05) is 20.0 Å². The molecule has 2 unspecified atom stereocenters. The van der Waals surface area contributed by atoms with Gasteiger partial charge in [-0.3, -0.25) is 9.59 Å². The Hall–Kier alpha value is -2.57. The van der Waals surface area contributed by atoms with Crippen molar-refractivity contribution in [2.75, 3.05) is 13.1 Å². The van der Waals surface area contributed by atoms with Crippen LogP contribution >= 0.6 is 0 Å². The Bertz CT molecular complexity index is 602. The highest BCUT2D eigenvalue weighted by Crippen LogP contribution is 2.15. The maximum absolute atomic E-state index is 12.6. The lowest BCUT2D eigenvalue weighted by atomic mass is 10.2. The minimum Gasteiger partial charge on any atom is -0.481 e. The normalized spacial score (nSPS) is 12.8. The summed E-state index contributed by atoms with van der Waals surface area (Å²) in [6.07, 6.45) is -0.842. The van der Waals surface area contributed by atoms with Gasteiger partial charge < -0.3 is 20.1 Å². The lowest BCUT2D eigenvalue weighted by molar-refractivity contribution is -0.152. The second-order valence-electron chi connectivity index (χ2n) is 5.61. The number of carbonyl (C=O) groups is 3. The Labute approximate surface area is 141 Å². The van der Waals surface area contributed by atoms with Gasteiger partial charge in [-0.05, 0) is 38.5 Å². The van der Waals surface area contributed by atoms with Crippen LogP contribution in [0, 0.1) is 6.92 Å². The molecule has 7 nitrogen and oxygen atoms in total. The van der Waals surface area contributed by atoms with Gasteiger partial charge in [-0.15, -0.1) is 0 Å². The predicted molar refractivity (Wildman–Crippen MR) is 88.8 cm³/mol. The summed E-state index contributed by atoms with van der Waals surface area (Å²) in [7, 11) is 0. The van der Waals surface area contributed by atoms with E-state index < -0.39 is 24.0 Å². The third kappa shape index (κ3) is 5.91. The van der Waals surface area contributed by atoms with Crippen LogP contribution in [0.2, 0.25) is 0 Å². The lowest BCUT2D eigenvalue weighted by Crippen LogP contribution is -2.51. The van der Waals surface area contributed by atoms with Gasteiger partial charge in [-0.2, -0.15) is 0 Å². The quantitative estimate of drug-likeness (QED) is 0.744. The number of aliphatic carboxylic acids is 1. The Kier molecular flexibility index (Phi) is 7.23. The van der Waals surface area contributed by atoms with E-state index in [2.05, 4.69) is 5.32 Å². The Balaban J connectivity index is 2.80. The maximum Gasteiger partial charge on any atom is 0.326 e. The van der Waals surface area contributed by atoms with E-state index in [1.165, 1.54) is 18.7 Å². The summed E-state index contributed by atoms with van der Waals surface area (Å²) in [4.78, 5) is 36.0. The number of carboxylic acids is 1. The molecule has 7 heteroatoms. The molecule has 0 saturated heterocycles. The molecule has 1 aromatic rings. The van der Waals surface area contributed by atoms with Crippen LogP contribution in [0.5, 0.6) is 5.75 Å². The van der Waals surface area contributed by atoms with Crippen molar-refractivity contribution in [2.24, 2.45) is 0 Å². The van der Waals surface area contributed by atoms with Crippen LogP contribution < -0.4 is 10.1 Å². The number of hydrogen-bond donors (Lipinski definition) is 2. The molecule has 0 fully saturated rings. The zero-order chi connectivity index (χ0) is 18.3. The van der Waals surface area contributed by atoms with Crippen LogP contribution in [-0.2, 0) is 14.4 Å². The number of nitrogens with zero attached hydrogens (tertiary/aromatic N) is 1. The third-order valence-electron chi connectivity index (χ3n) is 3.48. The number of hydrogen-bond acceptors (Lipinski definition) is 4. The van der Waals surface area contributed by atoms with Gasteiger partial charge >= 0.3 is 5.97 Å². The molecule has 0 aromatic heterocycles. The minimum atomic E-state index is -1.12. The Morgan fingerprint density at radius 2 is 1.96 bits per heavy atom. The molecular weight excluding hydrogens is 312 g/mol. The first-order valence-corrected chi connectivity index (χ1v) is 7.73. The van der Waals surface area contributed by atoms with E-state index in [0.717, 1.165) is 5.56 Å². The van der Waals surface area contributed by atoms with Crippen LogP contribution in [0.15, 0.2) is 24.3 Å². The maximum atomic E-state index is 12.6. The molecule has 0 bridgehead atoms. The van der Waals surface area contributed by atoms with E-state index in [1.54, 1.807) is 19.1 Å². The number of aryl methyl sites for hydroxylation is 1. The summed E-state index contributed by atoms with van der Waals surface area (Å²) in [5.74, 6) is -1.26. The molecule has 0 spiro atoms. The van der Waals surface area contributed by atoms with Crippen molar-refractivity contribution in [2.45, 2.75) is 39.8 Å². The number of amides is 2. The van der Waals surface area contributed by atoms with Crippen LogP contribution in [0.3, 0.4) is 0 Å². The Morgan fingerprint density at radius 3 is 2.50 bits per heavy atom. The van der Waals surface area contributed by atoms with Gasteiger partial charge in [0.25, 0.3) is 5.91 Å².